The molecular weight excluding hydrogens is 302 g/mol. The van der Waals surface area contributed by atoms with E-state index in [1.54, 1.807) is 12.5 Å². The number of aromatic nitrogens is 2. The van der Waals surface area contributed by atoms with Gasteiger partial charge in [0.1, 0.15) is 0 Å². The molecule has 2 rings (SSSR count). The molecule has 6 heteroatoms. The van der Waals surface area contributed by atoms with Gasteiger partial charge >= 0.3 is 6.03 Å². The fraction of sp³-hybridized carbons (Fsp3) is 0.778. The molecule has 1 fully saturated rings. The first-order valence-electron chi connectivity index (χ1n) is 9.30. The van der Waals surface area contributed by atoms with E-state index in [9.17, 15) is 4.79 Å². The first-order valence-corrected chi connectivity index (χ1v) is 9.30. The average molecular weight is 335 g/mol. The van der Waals surface area contributed by atoms with Crippen molar-refractivity contribution in [3.8, 4) is 0 Å². The second-order valence-electron chi connectivity index (χ2n) is 7.28. The van der Waals surface area contributed by atoms with E-state index in [4.69, 9.17) is 0 Å². The fourth-order valence-corrected chi connectivity index (χ4v) is 3.44. The number of urea groups is 1. The Morgan fingerprint density at radius 3 is 2.46 bits per heavy atom. The van der Waals surface area contributed by atoms with Crippen LogP contribution in [0.3, 0.4) is 0 Å². The van der Waals surface area contributed by atoms with Crippen LogP contribution in [0, 0.1) is 5.92 Å². The van der Waals surface area contributed by atoms with E-state index in [1.807, 2.05) is 17.7 Å². The summed E-state index contributed by atoms with van der Waals surface area (Å²) in [6, 6.07) is 0.399. The molecule has 0 spiro atoms. The highest BCUT2D eigenvalue weighted by molar-refractivity contribution is 5.74. The van der Waals surface area contributed by atoms with Crippen molar-refractivity contribution in [2.75, 3.05) is 19.6 Å². The lowest BCUT2D eigenvalue weighted by Crippen LogP contribution is -2.50. The molecule has 1 aliphatic heterocycles. The third-order valence-corrected chi connectivity index (χ3v) is 4.77. The highest BCUT2D eigenvalue weighted by atomic mass is 16.2. The average Bonchev–Trinajstić information content (AvgIpc) is 2.88. The van der Waals surface area contributed by atoms with Crippen molar-refractivity contribution in [2.24, 2.45) is 5.92 Å². The summed E-state index contributed by atoms with van der Waals surface area (Å²) in [5, 5.41) is 6.09. The molecule has 0 aliphatic carbocycles. The summed E-state index contributed by atoms with van der Waals surface area (Å²) >= 11 is 0. The summed E-state index contributed by atoms with van der Waals surface area (Å²) in [4.78, 5) is 18.8. The number of imidazole rings is 1. The van der Waals surface area contributed by atoms with Crippen LogP contribution in [0.4, 0.5) is 4.79 Å². The maximum absolute atomic E-state index is 12.2. The predicted octanol–water partition coefficient (Wildman–Crippen LogP) is 2.47. The lowest BCUT2D eigenvalue weighted by Gasteiger charge is -2.33. The van der Waals surface area contributed by atoms with Crippen LogP contribution in [0.5, 0.6) is 0 Å². The topological polar surface area (TPSA) is 62.2 Å². The third-order valence-electron chi connectivity index (χ3n) is 4.77. The van der Waals surface area contributed by atoms with E-state index in [0.717, 1.165) is 19.6 Å². The van der Waals surface area contributed by atoms with Gasteiger partial charge in [0.05, 0.1) is 6.33 Å². The van der Waals surface area contributed by atoms with Gasteiger partial charge in [0.15, 0.2) is 0 Å². The van der Waals surface area contributed by atoms with Gasteiger partial charge in [-0.15, -0.1) is 0 Å². The van der Waals surface area contributed by atoms with Crippen molar-refractivity contribution in [3.05, 3.63) is 18.7 Å². The van der Waals surface area contributed by atoms with Crippen LogP contribution in [0.15, 0.2) is 18.7 Å². The van der Waals surface area contributed by atoms with Crippen LogP contribution < -0.4 is 10.6 Å². The van der Waals surface area contributed by atoms with E-state index in [1.165, 1.54) is 25.7 Å². The minimum Gasteiger partial charge on any atom is -0.337 e. The normalized spacial score (nSPS) is 18.8. The first kappa shape index (κ1) is 18.8. The zero-order chi connectivity index (χ0) is 17.4. The van der Waals surface area contributed by atoms with Gasteiger partial charge in [-0.25, -0.2) is 9.78 Å². The Morgan fingerprint density at radius 2 is 1.88 bits per heavy atom. The summed E-state index contributed by atoms with van der Waals surface area (Å²) in [5.74, 6) is 0.534. The number of rotatable bonds is 7. The summed E-state index contributed by atoms with van der Waals surface area (Å²) in [7, 11) is 0. The van der Waals surface area contributed by atoms with Crippen LogP contribution >= 0.6 is 0 Å². The Bertz CT molecular complexity index is 466. The monoisotopic (exact) mass is 335 g/mol. The number of carbonyl (C=O) groups is 1. The molecule has 6 nitrogen and oxygen atoms in total. The zero-order valence-corrected chi connectivity index (χ0v) is 15.4. The number of amides is 2. The van der Waals surface area contributed by atoms with Crippen LogP contribution in [0.25, 0.3) is 0 Å². The highest BCUT2D eigenvalue weighted by Gasteiger charge is 2.23. The second kappa shape index (κ2) is 9.67. The van der Waals surface area contributed by atoms with Crippen molar-refractivity contribution < 1.29 is 4.79 Å². The van der Waals surface area contributed by atoms with Crippen molar-refractivity contribution in [2.45, 2.75) is 65.1 Å². The second-order valence-corrected chi connectivity index (χ2v) is 7.28. The van der Waals surface area contributed by atoms with E-state index < -0.39 is 0 Å². The van der Waals surface area contributed by atoms with E-state index in [0.29, 0.717) is 18.5 Å². The Hall–Kier alpha value is -1.56. The van der Waals surface area contributed by atoms with E-state index >= 15 is 0 Å². The van der Waals surface area contributed by atoms with Gasteiger partial charge < -0.3 is 15.2 Å². The van der Waals surface area contributed by atoms with Gasteiger partial charge in [-0.05, 0) is 38.8 Å². The largest absolute Gasteiger partial charge is 0.337 e. The molecule has 1 aliphatic rings. The molecule has 0 saturated carbocycles. The Morgan fingerprint density at radius 1 is 1.17 bits per heavy atom. The van der Waals surface area contributed by atoms with Gasteiger partial charge in [0.2, 0.25) is 0 Å². The third kappa shape index (κ3) is 6.15. The summed E-state index contributed by atoms with van der Waals surface area (Å²) < 4.78 is 1.97. The van der Waals surface area contributed by atoms with Crippen molar-refractivity contribution >= 4 is 6.03 Å². The van der Waals surface area contributed by atoms with Crippen LogP contribution in [0.1, 0.15) is 46.5 Å². The van der Waals surface area contributed by atoms with Gasteiger partial charge in [-0.2, -0.15) is 0 Å². The molecule has 0 aromatic carbocycles. The van der Waals surface area contributed by atoms with Gasteiger partial charge in [0, 0.05) is 37.6 Å². The fourth-order valence-electron chi connectivity index (χ4n) is 3.44. The SMILES string of the molecule is CC(Cn1ccnc1)NC(=O)NCC(C(C)C)N1CCCCCC1. The van der Waals surface area contributed by atoms with Gasteiger partial charge in [-0.1, -0.05) is 26.7 Å². The molecular formula is C18H33N5O. The number of nitrogens with one attached hydrogen (secondary N) is 2. The number of nitrogens with zero attached hydrogens (tertiary/aromatic N) is 3. The molecule has 2 amide bonds. The molecule has 1 aromatic rings. The summed E-state index contributed by atoms with van der Waals surface area (Å²) in [6.45, 7) is 10.3. The molecule has 2 N–H and O–H groups in total. The van der Waals surface area contributed by atoms with Crippen LogP contribution in [-0.2, 0) is 6.54 Å². The zero-order valence-electron chi connectivity index (χ0n) is 15.4. The van der Waals surface area contributed by atoms with Gasteiger partial charge in [0.25, 0.3) is 0 Å². The summed E-state index contributed by atoms with van der Waals surface area (Å²) in [6.07, 6.45) is 10.6. The standard InChI is InChI=1S/C18H33N5O/c1-15(2)17(23-9-6-4-5-7-10-23)12-20-18(24)21-16(3)13-22-11-8-19-14-22/h8,11,14-17H,4-7,9-10,12-13H2,1-3H3,(H2,20,21,24). The number of hydrogen-bond acceptors (Lipinski definition) is 3. The van der Waals surface area contributed by atoms with Crippen molar-refractivity contribution in [1.29, 1.82) is 0 Å². The lowest BCUT2D eigenvalue weighted by molar-refractivity contribution is 0.156. The molecule has 2 unspecified atom stereocenters. The molecule has 24 heavy (non-hydrogen) atoms. The molecule has 1 aromatic heterocycles. The molecule has 1 saturated heterocycles. The number of hydrogen-bond donors (Lipinski definition) is 2. The molecule has 0 radical (unpaired) electrons. The van der Waals surface area contributed by atoms with E-state index in [2.05, 4.69) is 34.4 Å². The maximum Gasteiger partial charge on any atom is 0.315 e. The Balaban J connectivity index is 1.76. The van der Waals surface area contributed by atoms with Crippen LogP contribution in [0.2, 0.25) is 0 Å². The predicted molar refractivity (Wildman–Crippen MR) is 96.9 cm³/mol. The molecule has 136 valence electrons. The number of likely N-dealkylation sites (tertiary alicyclic amines) is 1. The smallest absolute Gasteiger partial charge is 0.315 e. The Kier molecular flexibility index (Phi) is 7.56. The Labute approximate surface area is 146 Å². The quantitative estimate of drug-likeness (QED) is 0.805. The lowest BCUT2D eigenvalue weighted by atomic mass is 10.0. The minimum atomic E-state index is -0.0805. The number of carbonyl (C=O) groups excluding carboxylic acids is 1. The van der Waals surface area contributed by atoms with Crippen molar-refractivity contribution in [1.82, 2.24) is 25.1 Å². The van der Waals surface area contributed by atoms with E-state index in [-0.39, 0.29) is 12.1 Å². The maximum atomic E-state index is 12.2. The molecule has 0 bridgehead atoms. The first-order chi connectivity index (χ1) is 11.6. The minimum absolute atomic E-state index is 0.0647. The van der Waals surface area contributed by atoms with Crippen molar-refractivity contribution in [3.63, 3.8) is 0 Å². The summed E-state index contributed by atoms with van der Waals surface area (Å²) in [5.41, 5.74) is 0. The van der Waals surface area contributed by atoms with Crippen LogP contribution in [-0.4, -0.2) is 52.2 Å². The molecule has 2 heterocycles. The highest BCUT2D eigenvalue weighted by Crippen LogP contribution is 2.17. The van der Waals surface area contributed by atoms with Gasteiger partial charge in [-0.3, -0.25) is 4.90 Å². The molecule has 2 atom stereocenters.